The highest BCUT2D eigenvalue weighted by Crippen LogP contribution is 2.22. The number of carbonyl (C=O) groups excluding carboxylic acids is 1. The van der Waals surface area contributed by atoms with Gasteiger partial charge in [-0.25, -0.2) is 0 Å². The number of amides is 1. The summed E-state index contributed by atoms with van der Waals surface area (Å²) in [5, 5.41) is 2.86. The lowest BCUT2D eigenvalue weighted by molar-refractivity contribution is 0.0946. The summed E-state index contributed by atoms with van der Waals surface area (Å²) in [6.07, 6.45) is 0. The van der Waals surface area contributed by atoms with Crippen LogP contribution in [0.15, 0.2) is 40.9 Å². The number of hydrogen-bond donors (Lipinski definition) is 1. The molecular formula is C18H20BrNO2. The molecule has 0 aromatic heterocycles. The lowest BCUT2D eigenvalue weighted by atomic mass is 10.1. The Kier molecular flexibility index (Phi) is 5.61. The average Bonchev–Trinajstić information content (AvgIpc) is 2.48. The summed E-state index contributed by atoms with van der Waals surface area (Å²) in [6.45, 7) is 7.09. The van der Waals surface area contributed by atoms with Crippen LogP contribution in [0.25, 0.3) is 0 Å². The number of benzene rings is 2. The highest BCUT2D eigenvalue weighted by molar-refractivity contribution is 9.10. The Labute approximate surface area is 139 Å². The van der Waals surface area contributed by atoms with Gasteiger partial charge in [-0.3, -0.25) is 4.79 Å². The molecule has 0 atom stereocenters. The van der Waals surface area contributed by atoms with Gasteiger partial charge in [0.1, 0.15) is 12.4 Å². The Morgan fingerprint density at radius 1 is 1.09 bits per heavy atom. The molecule has 2 rings (SSSR count). The maximum absolute atomic E-state index is 12.0. The second kappa shape index (κ2) is 7.45. The van der Waals surface area contributed by atoms with Crippen molar-refractivity contribution >= 4 is 21.8 Å². The maximum atomic E-state index is 12.0. The first-order valence-electron chi connectivity index (χ1n) is 7.22. The van der Waals surface area contributed by atoms with E-state index < -0.39 is 0 Å². The molecule has 0 unspecified atom stereocenters. The first kappa shape index (κ1) is 16.6. The van der Waals surface area contributed by atoms with E-state index in [0.29, 0.717) is 18.7 Å². The van der Waals surface area contributed by atoms with Gasteiger partial charge < -0.3 is 10.1 Å². The molecule has 0 saturated carbocycles. The van der Waals surface area contributed by atoms with Crippen molar-refractivity contribution in [2.45, 2.75) is 20.8 Å². The van der Waals surface area contributed by atoms with Crippen LogP contribution >= 0.6 is 15.9 Å². The molecule has 0 saturated heterocycles. The third kappa shape index (κ3) is 4.10. The minimum atomic E-state index is -0.104. The van der Waals surface area contributed by atoms with Gasteiger partial charge in [-0.15, -0.1) is 0 Å². The van der Waals surface area contributed by atoms with Crippen LogP contribution in [0.3, 0.4) is 0 Å². The lowest BCUT2D eigenvalue weighted by Crippen LogP contribution is -2.28. The predicted octanol–water partition coefficient (Wildman–Crippen LogP) is 4.18. The van der Waals surface area contributed by atoms with Crippen molar-refractivity contribution in [1.82, 2.24) is 5.32 Å². The van der Waals surface area contributed by atoms with E-state index in [4.69, 9.17) is 4.74 Å². The van der Waals surface area contributed by atoms with E-state index >= 15 is 0 Å². The van der Waals surface area contributed by atoms with E-state index in [-0.39, 0.29) is 5.91 Å². The Balaban J connectivity index is 1.86. The van der Waals surface area contributed by atoms with Crippen LogP contribution < -0.4 is 10.1 Å². The molecule has 1 N–H and O–H groups in total. The van der Waals surface area contributed by atoms with Crippen LogP contribution in [-0.4, -0.2) is 19.1 Å². The predicted molar refractivity (Wildman–Crippen MR) is 92.6 cm³/mol. The quantitative estimate of drug-likeness (QED) is 0.811. The highest BCUT2D eigenvalue weighted by atomic mass is 79.9. The van der Waals surface area contributed by atoms with Gasteiger partial charge in [0.05, 0.1) is 12.1 Å². The van der Waals surface area contributed by atoms with Crippen LogP contribution in [0.4, 0.5) is 0 Å². The number of nitrogens with one attached hydrogen (secondary N) is 1. The minimum Gasteiger partial charge on any atom is -0.491 e. The van der Waals surface area contributed by atoms with Crippen molar-refractivity contribution in [1.29, 1.82) is 0 Å². The van der Waals surface area contributed by atoms with E-state index in [1.54, 1.807) is 6.07 Å². The molecule has 3 nitrogen and oxygen atoms in total. The number of hydrogen-bond acceptors (Lipinski definition) is 2. The van der Waals surface area contributed by atoms with Gasteiger partial charge in [0.25, 0.3) is 5.91 Å². The molecule has 0 spiro atoms. The topological polar surface area (TPSA) is 38.3 Å². The Morgan fingerprint density at radius 2 is 1.77 bits per heavy atom. The van der Waals surface area contributed by atoms with Crippen molar-refractivity contribution < 1.29 is 9.53 Å². The molecule has 0 heterocycles. The fourth-order valence-electron chi connectivity index (χ4n) is 2.16. The normalized spacial score (nSPS) is 10.4. The fraction of sp³-hybridized carbons (Fsp3) is 0.278. The third-order valence-corrected chi connectivity index (χ3v) is 4.25. The van der Waals surface area contributed by atoms with Gasteiger partial charge in [0.2, 0.25) is 0 Å². The summed E-state index contributed by atoms with van der Waals surface area (Å²) in [5.41, 5.74) is 4.20. The number of aryl methyl sites for hydroxylation is 3. The Morgan fingerprint density at radius 3 is 2.50 bits per heavy atom. The monoisotopic (exact) mass is 361 g/mol. The van der Waals surface area contributed by atoms with Crippen molar-refractivity contribution in [3.63, 3.8) is 0 Å². The second-order valence-electron chi connectivity index (χ2n) is 5.29. The summed E-state index contributed by atoms with van der Waals surface area (Å²) < 4.78 is 6.55. The first-order chi connectivity index (χ1) is 10.5. The molecule has 1 amide bonds. The average molecular weight is 362 g/mol. The summed E-state index contributed by atoms with van der Waals surface area (Å²) in [6, 6.07) is 11.5. The zero-order valence-electron chi connectivity index (χ0n) is 13.1. The Bertz CT molecular complexity index is 683. The molecule has 2 aromatic carbocycles. The molecule has 0 fully saturated rings. The van der Waals surface area contributed by atoms with E-state index in [2.05, 4.69) is 41.2 Å². The number of ether oxygens (including phenoxy) is 1. The molecule has 22 heavy (non-hydrogen) atoms. The molecule has 0 aliphatic carbocycles. The Hall–Kier alpha value is -1.81. The van der Waals surface area contributed by atoms with Crippen molar-refractivity contribution in [3.8, 4) is 5.75 Å². The minimum absolute atomic E-state index is 0.104. The van der Waals surface area contributed by atoms with Gasteiger partial charge in [0.15, 0.2) is 0 Å². The largest absolute Gasteiger partial charge is 0.491 e. The first-order valence-corrected chi connectivity index (χ1v) is 8.01. The molecule has 0 aliphatic rings. The van der Waals surface area contributed by atoms with E-state index in [1.165, 1.54) is 11.1 Å². The molecule has 4 heteroatoms. The van der Waals surface area contributed by atoms with E-state index in [1.807, 2.05) is 31.2 Å². The second-order valence-corrected chi connectivity index (χ2v) is 6.14. The summed E-state index contributed by atoms with van der Waals surface area (Å²) in [4.78, 5) is 12.0. The molecule has 116 valence electrons. The third-order valence-electron chi connectivity index (χ3n) is 3.55. The van der Waals surface area contributed by atoms with Crippen LogP contribution in [0.1, 0.15) is 27.0 Å². The van der Waals surface area contributed by atoms with E-state index in [0.717, 1.165) is 15.8 Å². The van der Waals surface area contributed by atoms with Crippen molar-refractivity contribution in [2.75, 3.05) is 13.2 Å². The summed E-state index contributed by atoms with van der Waals surface area (Å²) >= 11 is 3.37. The van der Waals surface area contributed by atoms with Gasteiger partial charge >= 0.3 is 0 Å². The van der Waals surface area contributed by atoms with Crippen LogP contribution in [0, 0.1) is 20.8 Å². The van der Waals surface area contributed by atoms with Crippen molar-refractivity contribution in [3.05, 3.63) is 63.1 Å². The zero-order valence-corrected chi connectivity index (χ0v) is 14.7. The number of rotatable bonds is 5. The number of halogens is 1. The van der Waals surface area contributed by atoms with Crippen molar-refractivity contribution in [2.24, 2.45) is 0 Å². The van der Waals surface area contributed by atoms with Gasteiger partial charge in [-0.2, -0.15) is 0 Å². The number of carbonyl (C=O) groups is 1. The molecule has 0 aliphatic heterocycles. The van der Waals surface area contributed by atoms with Gasteiger partial charge in [-0.05, 0) is 71.6 Å². The highest BCUT2D eigenvalue weighted by Gasteiger charge is 2.08. The molecule has 2 aromatic rings. The maximum Gasteiger partial charge on any atom is 0.252 e. The molecular weight excluding hydrogens is 342 g/mol. The van der Waals surface area contributed by atoms with Gasteiger partial charge in [-0.1, -0.05) is 18.2 Å². The summed E-state index contributed by atoms with van der Waals surface area (Å²) in [5.74, 6) is 0.770. The fourth-order valence-corrected chi connectivity index (χ4v) is 2.62. The molecule has 0 radical (unpaired) electrons. The lowest BCUT2D eigenvalue weighted by Gasteiger charge is -2.12. The van der Waals surface area contributed by atoms with Crippen LogP contribution in [0.5, 0.6) is 5.75 Å². The SMILES string of the molecule is Cc1cc(C)c(OCCNC(=O)c2ccccc2Br)cc1C. The standard InChI is InChI=1S/C18H20BrNO2/c1-12-10-14(3)17(11-13(12)2)22-9-8-20-18(21)15-6-4-5-7-16(15)19/h4-7,10-11H,8-9H2,1-3H3,(H,20,21). The smallest absolute Gasteiger partial charge is 0.252 e. The molecule has 0 bridgehead atoms. The van der Waals surface area contributed by atoms with Gasteiger partial charge in [0, 0.05) is 4.47 Å². The van der Waals surface area contributed by atoms with Crippen LogP contribution in [-0.2, 0) is 0 Å². The zero-order chi connectivity index (χ0) is 16.1. The summed E-state index contributed by atoms with van der Waals surface area (Å²) in [7, 11) is 0. The van der Waals surface area contributed by atoms with E-state index in [9.17, 15) is 4.79 Å². The van der Waals surface area contributed by atoms with Crippen LogP contribution in [0.2, 0.25) is 0 Å².